The largest absolute Gasteiger partial charge is 0.297 e. The second-order valence-corrected chi connectivity index (χ2v) is 7.53. The zero-order valence-corrected chi connectivity index (χ0v) is 13.6. The minimum absolute atomic E-state index is 0.0577. The van der Waals surface area contributed by atoms with Gasteiger partial charge in [-0.2, -0.15) is 0 Å². The molecule has 0 aromatic heterocycles. The molecule has 1 saturated heterocycles. The zero-order chi connectivity index (χ0) is 14.5. The van der Waals surface area contributed by atoms with Crippen molar-refractivity contribution >= 4 is 22.7 Å². The van der Waals surface area contributed by atoms with Gasteiger partial charge in [0.2, 0.25) is 0 Å². The maximum absolute atomic E-state index is 12.2. The average molecular weight is 284 g/mol. The molecule has 0 aromatic rings. The van der Waals surface area contributed by atoms with Crippen LogP contribution in [0.3, 0.4) is 0 Å². The monoisotopic (exact) mass is 284 g/mol. The van der Waals surface area contributed by atoms with Crippen molar-refractivity contribution in [1.82, 2.24) is 0 Å². The molecule has 0 bridgehead atoms. The van der Waals surface area contributed by atoms with Crippen molar-refractivity contribution in [3.8, 4) is 0 Å². The van der Waals surface area contributed by atoms with Crippen molar-refractivity contribution < 1.29 is 9.59 Å². The van der Waals surface area contributed by atoms with Gasteiger partial charge in [-0.3, -0.25) is 9.59 Å². The van der Waals surface area contributed by atoms with Gasteiger partial charge < -0.3 is 0 Å². The summed E-state index contributed by atoms with van der Waals surface area (Å²) in [6, 6.07) is 0. The Balaban J connectivity index is 2.35. The Morgan fingerprint density at radius 3 is 2.26 bits per heavy atom. The lowest BCUT2D eigenvalue weighted by Gasteiger charge is -2.28. The fourth-order valence-electron chi connectivity index (χ4n) is 2.73. The van der Waals surface area contributed by atoms with Crippen molar-refractivity contribution in [2.75, 3.05) is 0 Å². The van der Waals surface area contributed by atoms with Crippen LogP contribution in [0.5, 0.6) is 0 Å². The molecule has 0 N–H and O–H groups in total. The molecule has 0 aliphatic carbocycles. The molecule has 0 saturated carbocycles. The van der Waals surface area contributed by atoms with E-state index in [4.69, 9.17) is 0 Å². The standard InChI is InChI=1S/C16H28O2S/c1-5-6-7-8-9-10-11-12(2)16(4)14(17)13(3)15(18)19-16/h12-13H,5-11H2,1-4H3. The van der Waals surface area contributed by atoms with Gasteiger partial charge in [-0.05, 0) is 26.2 Å². The molecule has 3 heteroatoms. The van der Waals surface area contributed by atoms with Gasteiger partial charge in [-0.15, -0.1) is 0 Å². The van der Waals surface area contributed by atoms with E-state index in [1.54, 1.807) is 6.92 Å². The molecule has 19 heavy (non-hydrogen) atoms. The quantitative estimate of drug-likeness (QED) is 0.482. The van der Waals surface area contributed by atoms with Gasteiger partial charge in [-0.1, -0.05) is 64.1 Å². The van der Waals surface area contributed by atoms with Gasteiger partial charge in [0.05, 0.1) is 10.7 Å². The predicted octanol–water partition coefficient (Wildman–Crippen LogP) is 4.61. The Labute approximate surface area is 122 Å². The van der Waals surface area contributed by atoms with E-state index in [1.807, 2.05) is 6.92 Å². The first-order valence-corrected chi connectivity index (χ1v) is 8.52. The molecule has 0 radical (unpaired) electrons. The Morgan fingerprint density at radius 2 is 1.74 bits per heavy atom. The second kappa shape index (κ2) is 7.47. The smallest absolute Gasteiger partial charge is 0.200 e. The lowest BCUT2D eigenvalue weighted by atomic mass is 9.83. The lowest BCUT2D eigenvalue weighted by molar-refractivity contribution is -0.128. The zero-order valence-electron chi connectivity index (χ0n) is 12.8. The highest BCUT2D eigenvalue weighted by molar-refractivity contribution is 8.16. The molecule has 3 atom stereocenters. The molecule has 2 nitrogen and oxygen atoms in total. The fraction of sp³-hybridized carbons (Fsp3) is 0.875. The van der Waals surface area contributed by atoms with E-state index < -0.39 is 10.7 Å². The number of carbonyl (C=O) groups excluding carboxylic acids is 2. The third-order valence-corrected chi connectivity index (χ3v) is 6.06. The molecule has 1 aliphatic heterocycles. The van der Waals surface area contributed by atoms with Crippen molar-refractivity contribution in [1.29, 1.82) is 0 Å². The Kier molecular flexibility index (Phi) is 6.58. The topological polar surface area (TPSA) is 34.1 Å². The van der Waals surface area contributed by atoms with Crippen LogP contribution in [0.15, 0.2) is 0 Å². The van der Waals surface area contributed by atoms with Crippen LogP contribution in [0.4, 0.5) is 0 Å². The van der Waals surface area contributed by atoms with E-state index in [2.05, 4.69) is 13.8 Å². The van der Waals surface area contributed by atoms with Crippen molar-refractivity contribution in [2.24, 2.45) is 11.8 Å². The van der Waals surface area contributed by atoms with Crippen molar-refractivity contribution in [3.63, 3.8) is 0 Å². The summed E-state index contributed by atoms with van der Waals surface area (Å²) >= 11 is 1.28. The molecule has 0 spiro atoms. The molecule has 0 aromatic carbocycles. The summed E-state index contributed by atoms with van der Waals surface area (Å²) in [6.45, 7) is 8.07. The third kappa shape index (κ3) is 4.08. The number of rotatable bonds is 8. The Morgan fingerprint density at radius 1 is 1.16 bits per heavy atom. The summed E-state index contributed by atoms with van der Waals surface area (Å²) in [7, 11) is 0. The molecule has 110 valence electrons. The summed E-state index contributed by atoms with van der Waals surface area (Å²) < 4.78 is -0.472. The van der Waals surface area contributed by atoms with Crippen LogP contribution in [-0.4, -0.2) is 15.6 Å². The first-order valence-electron chi connectivity index (χ1n) is 7.70. The van der Waals surface area contributed by atoms with Gasteiger partial charge in [0.15, 0.2) is 10.9 Å². The summed E-state index contributed by atoms with van der Waals surface area (Å²) in [5.41, 5.74) is 0. The molecule has 1 heterocycles. The van der Waals surface area contributed by atoms with Crippen molar-refractivity contribution in [3.05, 3.63) is 0 Å². The van der Waals surface area contributed by atoms with Gasteiger partial charge in [0.1, 0.15) is 0 Å². The maximum atomic E-state index is 12.2. The summed E-state index contributed by atoms with van der Waals surface area (Å²) in [5.74, 6) is 0.0352. The van der Waals surface area contributed by atoms with E-state index >= 15 is 0 Å². The van der Waals surface area contributed by atoms with E-state index in [9.17, 15) is 9.59 Å². The molecular weight excluding hydrogens is 256 g/mol. The number of hydrogen-bond acceptors (Lipinski definition) is 3. The molecule has 1 aliphatic rings. The van der Waals surface area contributed by atoms with E-state index in [0.717, 1.165) is 6.42 Å². The molecule has 3 unspecified atom stereocenters. The predicted molar refractivity (Wildman–Crippen MR) is 82.3 cm³/mol. The number of Topliss-reactive ketones (excluding diaryl/α,β-unsaturated/α-hetero) is 1. The Bertz CT molecular complexity index is 327. The van der Waals surface area contributed by atoms with Gasteiger partial charge in [-0.25, -0.2) is 0 Å². The summed E-state index contributed by atoms with van der Waals surface area (Å²) in [5, 5.41) is 0.0577. The lowest BCUT2D eigenvalue weighted by Crippen LogP contribution is -2.36. The molecule has 1 rings (SSSR count). The number of carbonyl (C=O) groups is 2. The normalized spacial score (nSPS) is 28.9. The van der Waals surface area contributed by atoms with Crippen LogP contribution in [0.25, 0.3) is 0 Å². The highest BCUT2D eigenvalue weighted by Gasteiger charge is 2.51. The van der Waals surface area contributed by atoms with Crippen LogP contribution < -0.4 is 0 Å². The summed E-state index contributed by atoms with van der Waals surface area (Å²) in [6.07, 6.45) is 8.72. The van der Waals surface area contributed by atoms with Crippen LogP contribution in [-0.2, 0) is 9.59 Å². The van der Waals surface area contributed by atoms with Gasteiger partial charge in [0.25, 0.3) is 0 Å². The molecule has 0 amide bonds. The van der Waals surface area contributed by atoms with Crippen LogP contribution in [0.2, 0.25) is 0 Å². The average Bonchev–Trinajstić information content (AvgIpc) is 2.58. The third-order valence-electron chi connectivity index (χ3n) is 4.48. The second-order valence-electron chi connectivity index (χ2n) is 6.07. The van der Waals surface area contributed by atoms with Gasteiger partial charge >= 0.3 is 0 Å². The van der Waals surface area contributed by atoms with E-state index in [1.165, 1.54) is 50.3 Å². The number of thioether (sulfide) groups is 1. The maximum Gasteiger partial charge on any atom is 0.200 e. The summed E-state index contributed by atoms with van der Waals surface area (Å²) in [4.78, 5) is 23.9. The van der Waals surface area contributed by atoms with E-state index in [0.29, 0.717) is 5.92 Å². The van der Waals surface area contributed by atoms with Crippen LogP contribution >= 0.6 is 11.8 Å². The van der Waals surface area contributed by atoms with Crippen LogP contribution in [0, 0.1) is 11.8 Å². The minimum atomic E-state index is -0.472. The first kappa shape index (κ1) is 16.7. The molecule has 1 fully saturated rings. The van der Waals surface area contributed by atoms with Crippen molar-refractivity contribution in [2.45, 2.75) is 77.4 Å². The van der Waals surface area contributed by atoms with Gasteiger partial charge in [0, 0.05) is 0 Å². The number of unbranched alkanes of at least 4 members (excludes halogenated alkanes) is 5. The van der Waals surface area contributed by atoms with E-state index in [-0.39, 0.29) is 10.9 Å². The Hall–Kier alpha value is -0.310. The number of hydrogen-bond donors (Lipinski definition) is 0. The van der Waals surface area contributed by atoms with Crippen LogP contribution in [0.1, 0.15) is 72.6 Å². The highest BCUT2D eigenvalue weighted by Crippen LogP contribution is 2.45. The fourth-order valence-corrected chi connectivity index (χ4v) is 4.03. The minimum Gasteiger partial charge on any atom is -0.297 e. The number of ketones is 1. The first-order chi connectivity index (χ1) is 8.93. The SMILES string of the molecule is CCCCCCCCC(C)C1(C)SC(=O)C(C)C1=O. The highest BCUT2D eigenvalue weighted by atomic mass is 32.2. The molecular formula is C16H28O2S.